The fourth-order valence-corrected chi connectivity index (χ4v) is 2.17. The molecule has 0 radical (unpaired) electrons. The summed E-state index contributed by atoms with van der Waals surface area (Å²) in [4.78, 5) is 20.4. The van der Waals surface area contributed by atoms with Crippen LogP contribution in [0.1, 0.15) is 27.6 Å². The highest BCUT2D eigenvalue weighted by Gasteiger charge is 2.16. The molecule has 2 aromatic heterocycles. The number of halogens is 1. The van der Waals surface area contributed by atoms with Gasteiger partial charge >= 0.3 is 5.97 Å². The number of hydrogen-bond donors (Lipinski definition) is 0. The lowest BCUT2D eigenvalue weighted by atomic mass is 10.2. The Morgan fingerprint density at radius 2 is 1.95 bits per heavy atom. The van der Waals surface area contributed by atoms with Crippen molar-refractivity contribution in [2.24, 2.45) is 0 Å². The minimum absolute atomic E-state index is 0.00448. The summed E-state index contributed by atoms with van der Waals surface area (Å²) in [6.07, 6.45) is 0. The molecule has 0 unspecified atom stereocenters. The summed E-state index contributed by atoms with van der Waals surface area (Å²) in [7, 11) is 0. The highest BCUT2D eigenvalue weighted by Crippen LogP contribution is 2.11. The second-order valence-electron chi connectivity index (χ2n) is 4.89. The number of benzene rings is 1. The zero-order valence-corrected chi connectivity index (χ0v) is 12.8. The van der Waals surface area contributed by atoms with E-state index in [0.29, 0.717) is 10.8 Å². The maximum atomic E-state index is 12.0. The minimum Gasteiger partial charge on any atom is -0.455 e. The zero-order valence-electron chi connectivity index (χ0n) is 12.1. The summed E-state index contributed by atoms with van der Waals surface area (Å²) in [5.74, 6) is -0.205. The molecule has 22 heavy (non-hydrogen) atoms. The predicted octanol–water partition coefficient (Wildman–Crippen LogP) is 2.75. The highest BCUT2D eigenvalue weighted by atomic mass is 35.5. The van der Waals surface area contributed by atoms with Gasteiger partial charge < -0.3 is 4.74 Å². The van der Waals surface area contributed by atoms with Gasteiger partial charge in [-0.15, -0.1) is 5.10 Å². The molecule has 7 heteroatoms. The molecule has 0 N–H and O–H groups in total. The molecular weight excluding hydrogens is 304 g/mol. The van der Waals surface area contributed by atoms with Gasteiger partial charge in [0.1, 0.15) is 6.61 Å². The molecule has 0 atom stereocenters. The number of esters is 1. The van der Waals surface area contributed by atoms with Crippen LogP contribution in [-0.4, -0.2) is 25.6 Å². The molecule has 0 aliphatic carbocycles. The van der Waals surface area contributed by atoms with Crippen LogP contribution >= 0.6 is 11.6 Å². The van der Waals surface area contributed by atoms with E-state index in [1.54, 1.807) is 24.3 Å². The van der Waals surface area contributed by atoms with Gasteiger partial charge in [-0.05, 0) is 37.6 Å². The van der Waals surface area contributed by atoms with Gasteiger partial charge in [-0.3, -0.25) is 0 Å². The van der Waals surface area contributed by atoms with E-state index in [-0.39, 0.29) is 12.4 Å². The van der Waals surface area contributed by atoms with Crippen LogP contribution in [0.4, 0.5) is 0 Å². The molecule has 0 saturated carbocycles. The summed E-state index contributed by atoms with van der Waals surface area (Å²) < 4.78 is 6.73. The van der Waals surface area contributed by atoms with Crippen LogP contribution in [0.15, 0.2) is 30.3 Å². The molecule has 0 aliphatic heterocycles. The highest BCUT2D eigenvalue weighted by molar-refractivity contribution is 6.30. The molecule has 0 bridgehead atoms. The van der Waals surface area contributed by atoms with Crippen molar-refractivity contribution >= 4 is 23.3 Å². The number of carbonyl (C=O) groups is 1. The van der Waals surface area contributed by atoms with Crippen molar-refractivity contribution in [3.05, 3.63) is 58.1 Å². The molecule has 112 valence electrons. The van der Waals surface area contributed by atoms with E-state index in [4.69, 9.17) is 16.3 Å². The average Bonchev–Trinajstić information content (AvgIpc) is 2.90. The molecule has 3 aromatic rings. The lowest BCUT2D eigenvalue weighted by Crippen LogP contribution is -2.07. The van der Waals surface area contributed by atoms with Gasteiger partial charge in [0, 0.05) is 16.4 Å². The lowest BCUT2D eigenvalue weighted by molar-refractivity contribution is 0.0458. The van der Waals surface area contributed by atoms with Crippen molar-refractivity contribution in [1.29, 1.82) is 0 Å². The van der Waals surface area contributed by atoms with Gasteiger partial charge in [-0.2, -0.15) is 4.98 Å². The van der Waals surface area contributed by atoms with Crippen LogP contribution in [0.25, 0.3) is 5.78 Å². The fourth-order valence-electron chi connectivity index (χ4n) is 2.05. The standard InChI is InChI=1S/C15H13ClN4O2/c1-9-7-10(2)20-15(17-9)18-13(19-20)14(21)22-8-11-3-5-12(16)6-4-11/h3-7H,8H2,1-2H3. The topological polar surface area (TPSA) is 69.4 Å². The number of aromatic nitrogens is 4. The number of hydrogen-bond acceptors (Lipinski definition) is 5. The largest absolute Gasteiger partial charge is 0.455 e. The van der Waals surface area contributed by atoms with Crippen LogP contribution in [-0.2, 0) is 11.3 Å². The summed E-state index contributed by atoms with van der Waals surface area (Å²) >= 11 is 5.81. The fraction of sp³-hybridized carbons (Fsp3) is 0.200. The molecule has 0 aliphatic rings. The first-order valence-electron chi connectivity index (χ1n) is 6.65. The first-order chi connectivity index (χ1) is 10.5. The maximum absolute atomic E-state index is 12.0. The van der Waals surface area contributed by atoms with E-state index < -0.39 is 5.97 Å². The minimum atomic E-state index is -0.586. The monoisotopic (exact) mass is 316 g/mol. The third kappa shape index (κ3) is 2.92. The quantitative estimate of drug-likeness (QED) is 0.695. The Labute approximate surface area is 131 Å². The SMILES string of the molecule is Cc1cc(C)n2nc(C(=O)OCc3ccc(Cl)cc3)nc2n1. The van der Waals surface area contributed by atoms with E-state index >= 15 is 0 Å². The van der Waals surface area contributed by atoms with Crippen LogP contribution in [0.5, 0.6) is 0 Å². The molecule has 0 fully saturated rings. The molecule has 0 saturated heterocycles. The van der Waals surface area contributed by atoms with Crippen LogP contribution in [0, 0.1) is 13.8 Å². The molecule has 6 nitrogen and oxygen atoms in total. The molecule has 3 rings (SSSR count). The van der Waals surface area contributed by atoms with Crippen molar-refractivity contribution < 1.29 is 9.53 Å². The number of ether oxygens (including phenoxy) is 1. The Morgan fingerprint density at radius 1 is 1.23 bits per heavy atom. The van der Waals surface area contributed by atoms with Gasteiger partial charge in [-0.1, -0.05) is 23.7 Å². The van der Waals surface area contributed by atoms with Crippen molar-refractivity contribution in [1.82, 2.24) is 19.6 Å². The van der Waals surface area contributed by atoms with Crippen molar-refractivity contribution in [3.8, 4) is 0 Å². The number of rotatable bonds is 3. The van der Waals surface area contributed by atoms with Gasteiger partial charge in [0.05, 0.1) is 0 Å². The second-order valence-corrected chi connectivity index (χ2v) is 5.33. The Balaban J connectivity index is 1.77. The average molecular weight is 317 g/mol. The first kappa shape index (κ1) is 14.5. The molecule has 0 amide bonds. The second kappa shape index (κ2) is 5.73. The Morgan fingerprint density at radius 3 is 2.68 bits per heavy atom. The number of carbonyl (C=O) groups excluding carboxylic acids is 1. The summed E-state index contributed by atoms with van der Waals surface area (Å²) in [6, 6.07) is 8.93. The summed E-state index contributed by atoms with van der Waals surface area (Å²) in [5, 5.41) is 4.76. The van der Waals surface area contributed by atoms with E-state index in [2.05, 4.69) is 15.1 Å². The third-order valence-corrected chi connectivity index (χ3v) is 3.34. The zero-order chi connectivity index (χ0) is 15.7. The Bertz CT molecular complexity index is 843. The number of fused-ring (bicyclic) bond motifs is 1. The maximum Gasteiger partial charge on any atom is 0.378 e. The first-order valence-corrected chi connectivity index (χ1v) is 7.03. The van der Waals surface area contributed by atoms with Gasteiger partial charge in [-0.25, -0.2) is 14.3 Å². The van der Waals surface area contributed by atoms with E-state index in [0.717, 1.165) is 17.0 Å². The number of nitrogens with zero attached hydrogens (tertiary/aromatic N) is 4. The van der Waals surface area contributed by atoms with Crippen molar-refractivity contribution in [2.45, 2.75) is 20.5 Å². The molecular formula is C15H13ClN4O2. The van der Waals surface area contributed by atoms with E-state index in [1.165, 1.54) is 4.52 Å². The van der Waals surface area contributed by atoms with Crippen LogP contribution < -0.4 is 0 Å². The smallest absolute Gasteiger partial charge is 0.378 e. The summed E-state index contributed by atoms with van der Waals surface area (Å²) in [6.45, 7) is 3.87. The van der Waals surface area contributed by atoms with Crippen LogP contribution in [0.3, 0.4) is 0 Å². The van der Waals surface area contributed by atoms with E-state index in [1.807, 2.05) is 19.9 Å². The molecule has 2 heterocycles. The molecule has 1 aromatic carbocycles. The Kier molecular flexibility index (Phi) is 3.77. The van der Waals surface area contributed by atoms with Crippen LogP contribution in [0.2, 0.25) is 5.02 Å². The third-order valence-electron chi connectivity index (χ3n) is 3.08. The molecule has 0 spiro atoms. The van der Waals surface area contributed by atoms with Gasteiger partial charge in [0.15, 0.2) is 0 Å². The normalized spacial score (nSPS) is 10.9. The lowest BCUT2D eigenvalue weighted by Gasteiger charge is -2.02. The van der Waals surface area contributed by atoms with E-state index in [9.17, 15) is 4.79 Å². The Hall–Kier alpha value is -2.47. The predicted molar refractivity (Wildman–Crippen MR) is 80.8 cm³/mol. The summed E-state index contributed by atoms with van der Waals surface area (Å²) in [5.41, 5.74) is 2.51. The number of aryl methyl sites for hydroxylation is 2. The van der Waals surface area contributed by atoms with Crippen molar-refractivity contribution in [2.75, 3.05) is 0 Å². The van der Waals surface area contributed by atoms with Gasteiger partial charge in [0.25, 0.3) is 11.6 Å². The van der Waals surface area contributed by atoms with Crippen molar-refractivity contribution in [3.63, 3.8) is 0 Å². The van der Waals surface area contributed by atoms with Gasteiger partial charge in [0.2, 0.25) is 0 Å².